The van der Waals surface area contributed by atoms with E-state index in [-0.39, 0.29) is 21.2 Å². The van der Waals surface area contributed by atoms with Crippen molar-refractivity contribution < 1.29 is 73.5 Å². The first-order valence-electron chi connectivity index (χ1n) is 6.08. The second-order valence-electron chi connectivity index (χ2n) is 3.78. The molecule has 0 saturated heterocycles. The van der Waals surface area contributed by atoms with Crippen LogP contribution >= 0.6 is 0 Å². The lowest BCUT2D eigenvalue weighted by molar-refractivity contribution is -0.535. The van der Waals surface area contributed by atoms with E-state index >= 15 is 0 Å². The van der Waals surface area contributed by atoms with Crippen molar-refractivity contribution in [2.75, 3.05) is 0 Å². The standard InChI is InChI=1S/C11H8I.2CHF3O3S/c1-2-3-7-10-12-11-8-5-4-6-9-11;2*2-1(3,4)8(5,6)7/h4-6,8-9H,1H3;2*(H,5,6,7)/q+1;;/p-2. The molecule has 0 heterocycles. The third kappa shape index (κ3) is 14.5. The van der Waals surface area contributed by atoms with Gasteiger partial charge in [-0.2, -0.15) is 26.3 Å². The first kappa shape index (κ1) is 28.7. The number of rotatable bonds is 1. The highest BCUT2D eigenvalue weighted by atomic mass is 127. The molecule has 0 atom stereocenters. The first-order valence-corrected chi connectivity index (χ1v) is 11.1. The van der Waals surface area contributed by atoms with Crippen molar-refractivity contribution in [2.45, 2.75) is 17.9 Å². The van der Waals surface area contributed by atoms with Crippen LogP contribution in [0.3, 0.4) is 0 Å². The van der Waals surface area contributed by atoms with Gasteiger partial charge in [-0.1, -0.05) is 24.1 Å². The maximum atomic E-state index is 10.7. The minimum absolute atomic E-state index is 0.149. The summed E-state index contributed by atoms with van der Waals surface area (Å²) in [6, 6.07) is 10.3. The van der Waals surface area contributed by atoms with E-state index < -0.39 is 31.3 Å². The number of alkyl halides is 6. The molecule has 0 N–H and O–H groups in total. The van der Waals surface area contributed by atoms with Crippen LogP contribution in [-0.2, 0) is 20.2 Å². The lowest BCUT2D eigenvalue weighted by Crippen LogP contribution is -3.59. The highest BCUT2D eigenvalue weighted by Gasteiger charge is 2.37. The molecule has 0 aliphatic carbocycles. The molecule has 0 bridgehead atoms. The molecule has 1 aromatic rings. The van der Waals surface area contributed by atoms with Gasteiger partial charge in [-0.25, -0.2) is 16.8 Å². The predicted octanol–water partition coefficient (Wildman–Crippen LogP) is -0.968. The fourth-order valence-electron chi connectivity index (χ4n) is 0.642. The maximum Gasteiger partial charge on any atom is 0.485 e. The van der Waals surface area contributed by atoms with E-state index in [1.54, 1.807) is 6.92 Å². The fourth-order valence-corrected chi connectivity index (χ4v) is 2.00. The van der Waals surface area contributed by atoms with E-state index in [1.807, 2.05) is 18.2 Å². The average molecular weight is 565 g/mol. The van der Waals surface area contributed by atoms with Crippen LogP contribution < -0.4 is 21.2 Å². The molecular formula is C13H8F6IO6S2-. The third-order valence-electron chi connectivity index (χ3n) is 1.69. The zero-order chi connectivity index (χ0) is 22.6. The van der Waals surface area contributed by atoms with Gasteiger partial charge in [-0.3, -0.25) is 0 Å². The van der Waals surface area contributed by atoms with Gasteiger partial charge in [0.2, 0.25) is 7.50 Å². The minimum Gasteiger partial charge on any atom is -0.741 e. The minimum atomic E-state index is -6.09. The van der Waals surface area contributed by atoms with Crippen molar-refractivity contribution in [3.05, 3.63) is 33.9 Å². The van der Waals surface area contributed by atoms with Gasteiger partial charge in [-0.15, -0.1) is 0 Å². The molecule has 0 radical (unpaired) electrons. The molecule has 0 amide bonds. The summed E-state index contributed by atoms with van der Waals surface area (Å²) in [5.41, 5.74) is -11.3. The number of hydrogen-bond donors (Lipinski definition) is 0. The van der Waals surface area contributed by atoms with Gasteiger partial charge < -0.3 is 9.11 Å². The van der Waals surface area contributed by atoms with E-state index in [2.05, 4.69) is 33.8 Å². The van der Waals surface area contributed by atoms with E-state index in [0.29, 0.717) is 0 Å². The number of benzene rings is 1. The maximum absolute atomic E-state index is 10.7. The normalized spacial score (nSPS) is 11.2. The lowest BCUT2D eigenvalue weighted by atomic mass is 10.4. The summed E-state index contributed by atoms with van der Waals surface area (Å²) in [6.45, 7) is 1.80. The molecule has 0 aromatic heterocycles. The van der Waals surface area contributed by atoms with Crippen LogP contribution in [-0.4, -0.2) is 37.0 Å². The second-order valence-corrected chi connectivity index (χ2v) is 8.85. The number of halogens is 7. The molecule has 0 fully saturated rings. The lowest BCUT2D eigenvalue weighted by Gasteiger charge is -2.08. The highest BCUT2D eigenvalue weighted by molar-refractivity contribution is 7.86. The fraction of sp³-hybridized carbons (Fsp3) is 0.231. The van der Waals surface area contributed by atoms with Crippen molar-refractivity contribution in [2.24, 2.45) is 0 Å². The third-order valence-corrected chi connectivity index (χ3v) is 4.71. The number of hydrogen-bond acceptors (Lipinski definition) is 6. The van der Waals surface area contributed by atoms with Crippen molar-refractivity contribution in [1.29, 1.82) is 0 Å². The zero-order valence-electron chi connectivity index (χ0n) is 13.3. The van der Waals surface area contributed by atoms with Crippen LogP contribution in [0.5, 0.6) is 0 Å². The Balaban J connectivity index is 0. The summed E-state index contributed by atoms with van der Waals surface area (Å²) in [6.07, 6.45) is 0. The topological polar surface area (TPSA) is 114 Å². The van der Waals surface area contributed by atoms with Crippen molar-refractivity contribution in [3.8, 4) is 21.7 Å². The van der Waals surface area contributed by atoms with Gasteiger partial charge in [0.1, 0.15) is 0 Å². The van der Waals surface area contributed by atoms with Crippen molar-refractivity contribution >= 4 is 20.2 Å². The Morgan fingerprint density at radius 2 is 1.18 bits per heavy atom. The largest absolute Gasteiger partial charge is 0.741 e. The van der Waals surface area contributed by atoms with E-state index in [0.717, 1.165) is 0 Å². The van der Waals surface area contributed by atoms with Crippen LogP contribution in [0, 0.1) is 25.3 Å². The molecule has 1 aromatic carbocycles. The summed E-state index contributed by atoms with van der Waals surface area (Å²) in [7, 11) is -12.2. The Hall–Kier alpha value is -1.53. The summed E-state index contributed by atoms with van der Waals surface area (Å²) in [5.74, 6) is 8.30. The smallest absolute Gasteiger partial charge is 0.485 e. The molecule has 6 nitrogen and oxygen atoms in total. The average Bonchev–Trinajstić information content (AvgIpc) is 2.50. The molecule has 15 heteroatoms. The van der Waals surface area contributed by atoms with Crippen molar-refractivity contribution in [1.82, 2.24) is 0 Å². The Kier molecular flexibility index (Phi) is 12.4. The quantitative estimate of drug-likeness (QED) is 0.143. The van der Waals surface area contributed by atoms with Gasteiger partial charge in [0.05, 0.1) is 0 Å². The summed E-state index contributed by atoms with van der Waals surface area (Å²) in [4.78, 5) is 0. The highest BCUT2D eigenvalue weighted by Crippen LogP contribution is 2.21. The molecule has 28 heavy (non-hydrogen) atoms. The monoisotopic (exact) mass is 565 g/mol. The molecule has 0 aliphatic rings. The van der Waals surface area contributed by atoms with E-state index in [4.69, 9.17) is 25.9 Å². The zero-order valence-corrected chi connectivity index (χ0v) is 17.1. The molecule has 0 aliphatic heterocycles. The van der Waals surface area contributed by atoms with E-state index in [1.165, 1.54) is 3.57 Å². The Morgan fingerprint density at radius 1 is 0.821 bits per heavy atom. The van der Waals surface area contributed by atoms with Crippen molar-refractivity contribution in [3.63, 3.8) is 0 Å². The molecule has 0 saturated carbocycles. The van der Waals surface area contributed by atoms with E-state index in [9.17, 15) is 26.3 Å². The first-order chi connectivity index (χ1) is 12.4. The predicted molar refractivity (Wildman–Crippen MR) is 77.9 cm³/mol. The molecule has 1 rings (SSSR count). The molecular weight excluding hydrogens is 557 g/mol. The summed E-state index contributed by atoms with van der Waals surface area (Å²) >= 11 is -0.149. The van der Waals surface area contributed by atoms with Crippen LogP contribution in [0.4, 0.5) is 26.3 Å². The SMILES string of the molecule is CC#CC#C[I+]c1ccccc1.O=S(=O)([O-])C(F)(F)F.O=S(=O)([O-])C(F)(F)F. The van der Waals surface area contributed by atoms with Crippen LogP contribution in [0.15, 0.2) is 30.3 Å². The van der Waals surface area contributed by atoms with Gasteiger partial charge in [0.15, 0.2) is 20.2 Å². The van der Waals surface area contributed by atoms with Gasteiger partial charge in [0, 0.05) is 5.92 Å². The van der Waals surface area contributed by atoms with Gasteiger partial charge in [-0.05, 0) is 25.0 Å². The van der Waals surface area contributed by atoms with Gasteiger partial charge >= 0.3 is 32.2 Å². The van der Waals surface area contributed by atoms with Crippen LogP contribution in [0.1, 0.15) is 6.92 Å². The summed E-state index contributed by atoms with van der Waals surface area (Å²) < 4.78 is 122. The van der Waals surface area contributed by atoms with Crippen LogP contribution in [0.25, 0.3) is 0 Å². The Bertz CT molecular complexity index is 891. The molecule has 158 valence electrons. The Labute approximate surface area is 167 Å². The van der Waals surface area contributed by atoms with Crippen LogP contribution in [0.2, 0.25) is 0 Å². The Morgan fingerprint density at radius 3 is 1.46 bits per heavy atom. The molecule has 0 unspecified atom stereocenters. The second kappa shape index (κ2) is 12.1. The summed E-state index contributed by atoms with van der Waals surface area (Å²) in [5, 5.41) is 0. The van der Waals surface area contributed by atoms with Gasteiger partial charge in [0.25, 0.3) is 0 Å². The molecule has 0 spiro atoms.